The number of amides is 1. The van der Waals surface area contributed by atoms with Crippen molar-refractivity contribution in [3.8, 4) is 0 Å². The molecular weight excluding hydrogens is 310 g/mol. The summed E-state index contributed by atoms with van der Waals surface area (Å²) in [6, 6.07) is 14.3. The molecule has 0 saturated carbocycles. The van der Waals surface area contributed by atoms with E-state index in [1.165, 1.54) is 0 Å². The molecule has 0 spiro atoms. The first-order chi connectivity index (χ1) is 12.0. The largest absolute Gasteiger partial charge is 0.347 e. The Bertz CT molecular complexity index is 870. The number of pyridine rings is 1. The molecule has 1 aromatic carbocycles. The molecule has 3 heterocycles. The minimum atomic E-state index is -0.480. The van der Waals surface area contributed by atoms with Crippen LogP contribution in [0.2, 0.25) is 0 Å². The van der Waals surface area contributed by atoms with Crippen LogP contribution in [0.25, 0.3) is 0 Å². The van der Waals surface area contributed by atoms with E-state index in [0.717, 1.165) is 41.1 Å². The van der Waals surface area contributed by atoms with E-state index in [4.69, 9.17) is 0 Å². The number of rotatable bonds is 2. The van der Waals surface area contributed by atoms with Crippen LogP contribution in [-0.2, 0) is 10.2 Å². The zero-order valence-corrected chi connectivity index (χ0v) is 14.9. The third-order valence-corrected chi connectivity index (χ3v) is 5.36. The zero-order chi connectivity index (χ0) is 17.7. The normalized spacial score (nSPS) is 24.0. The number of carbonyl (C=O) groups is 1. The fourth-order valence-corrected chi connectivity index (χ4v) is 4.36. The first-order valence-electron chi connectivity index (χ1n) is 8.82. The van der Waals surface area contributed by atoms with E-state index in [1.54, 1.807) is 6.20 Å². The van der Waals surface area contributed by atoms with E-state index >= 15 is 0 Å². The lowest BCUT2D eigenvalue weighted by Crippen LogP contribution is -2.54. The van der Waals surface area contributed by atoms with Gasteiger partial charge in [0.25, 0.3) is 5.91 Å². The highest BCUT2D eigenvalue weighted by Crippen LogP contribution is 2.50. The van der Waals surface area contributed by atoms with E-state index in [1.807, 2.05) is 24.3 Å². The van der Waals surface area contributed by atoms with E-state index in [9.17, 15) is 4.79 Å². The maximum absolute atomic E-state index is 13.2. The summed E-state index contributed by atoms with van der Waals surface area (Å²) in [4.78, 5) is 17.7. The summed E-state index contributed by atoms with van der Waals surface area (Å²) in [5, 5.41) is 6.64. The van der Waals surface area contributed by atoms with Crippen molar-refractivity contribution in [1.29, 1.82) is 0 Å². The number of carbonyl (C=O) groups excluding carboxylic acids is 1. The van der Waals surface area contributed by atoms with Gasteiger partial charge in [-0.3, -0.25) is 4.79 Å². The Labute approximate surface area is 148 Å². The van der Waals surface area contributed by atoms with Crippen molar-refractivity contribution in [1.82, 2.24) is 10.3 Å². The van der Waals surface area contributed by atoms with Crippen molar-refractivity contribution in [2.75, 3.05) is 5.32 Å². The second-order valence-corrected chi connectivity index (χ2v) is 7.52. The Morgan fingerprint density at radius 1 is 1.12 bits per heavy atom. The fourth-order valence-electron chi connectivity index (χ4n) is 4.36. The second-order valence-electron chi connectivity index (χ2n) is 7.52. The molecule has 2 aliphatic rings. The Morgan fingerprint density at radius 3 is 2.60 bits per heavy atom. The van der Waals surface area contributed by atoms with Gasteiger partial charge in [-0.25, -0.2) is 4.98 Å². The molecule has 0 saturated heterocycles. The van der Waals surface area contributed by atoms with Crippen molar-refractivity contribution in [3.05, 3.63) is 71.1 Å². The Balaban J connectivity index is 2.05. The number of nitrogens with zero attached hydrogens (tertiary/aromatic N) is 1. The SMILES string of the molecule is CC[C@]1(c2ccccc2)C2=C(CC(C)(C)NC2=O)Nc2ncccc21. The van der Waals surface area contributed by atoms with Gasteiger partial charge in [-0.1, -0.05) is 43.3 Å². The number of benzene rings is 1. The van der Waals surface area contributed by atoms with E-state index in [2.05, 4.69) is 54.6 Å². The first-order valence-corrected chi connectivity index (χ1v) is 8.82. The predicted octanol–water partition coefficient (Wildman–Crippen LogP) is 3.76. The first kappa shape index (κ1) is 15.9. The lowest BCUT2D eigenvalue weighted by Gasteiger charge is -2.46. The molecule has 4 heteroatoms. The van der Waals surface area contributed by atoms with Gasteiger partial charge >= 0.3 is 0 Å². The number of anilines is 1. The average molecular weight is 333 g/mol. The van der Waals surface area contributed by atoms with Gasteiger partial charge in [-0.05, 0) is 31.9 Å². The van der Waals surface area contributed by atoms with Gasteiger partial charge in [-0.15, -0.1) is 0 Å². The van der Waals surface area contributed by atoms with Crippen LogP contribution in [0.4, 0.5) is 5.82 Å². The monoisotopic (exact) mass is 333 g/mol. The molecule has 4 rings (SSSR count). The lowest BCUT2D eigenvalue weighted by molar-refractivity contribution is -0.120. The van der Waals surface area contributed by atoms with Gasteiger partial charge < -0.3 is 10.6 Å². The molecule has 25 heavy (non-hydrogen) atoms. The van der Waals surface area contributed by atoms with Crippen molar-refractivity contribution < 1.29 is 4.79 Å². The number of hydrogen-bond donors (Lipinski definition) is 2. The minimum Gasteiger partial charge on any atom is -0.347 e. The van der Waals surface area contributed by atoms with Crippen molar-refractivity contribution in [3.63, 3.8) is 0 Å². The second kappa shape index (κ2) is 5.45. The van der Waals surface area contributed by atoms with Crippen LogP contribution in [-0.4, -0.2) is 16.4 Å². The van der Waals surface area contributed by atoms with E-state index in [0.29, 0.717) is 0 Å². The molecule has 0 fully saturated rings. The summed E-state index contributed by atoms with van der Waals surface area (Å²) in [5.74, 6) is 0.872. The van der Waals surface area contributed by atoms with Gasteiger partial charge in [0.15, 0.2) is 0 Å². The highest BCUT2D eigenvalue weighted by molar-refractivity contribution is 6.01. The summed E-state index contributed by atoms with van der Waals surface area (Å²) < 4.78 is 0. The van der Waals surface area contributed by atoms with Crippen LogP contribution < -0.4 is 10.6 Å². The maximum atomic E-state index is 13.2. The highest BCUT2D eigenvalue weighted by Gasteiger charge is 2.49. The van der Waals surface area contributed by atoms with E-state index in [-0.39, 0.29) is 11.4 Å². The molecule has 0 bridgehead atoms. The van der Waals surface area contributed by atoms with Gasteiger partial charge in [0.05, 0.1) is 11.0 Å². The van der Waals surface area contributed by atoms with E-state index < -0.39 is 5.41 Å². The molecule has 1 amide bonds. The molecule has 1 aromatic heterocycles. The summed E-state index contributed by atoms with van der Waals surface area (Å²) in [7, 11) is 0. The maximum Gasteiger partial charge on any atom is 0.250 e. The van der Waals surface area contributed by atoms with Gasteiger partial charge in [-0.2, -0.15) is 0 Å². The van der Waals surface area contributed by atoms with Crippen molar-refractivity contribution in [2.45, 2.75) is 44.6 Å². The third-order valence-electron chi connectivity index (χ3n) is 5.36. The van der Waals surface area contributed by atoms with Crippen LogP contribution in [0.5, 0.6) is 0 Å². The average Bonchev–Trinajstić information content (AvgIpc) is 2.59. The minimum absolute atomic E-state index is 0.0129. The number of fused-ring (bicyclic) bond motifs is 1. The standard InChI is InChI=1S/C21H23N3O/c1-4-21(14-9-6-5-7-10-14)15-11-8-12-22-18(15)23-16-13-20(2,3)24-19(25)17(16)21/h5-12H,4,13H2,1-3H3,(H,22,23)(H,24,25)/t21-/m1/s1. The Kier molecular flexibility index (Phi) is 3.46. The van der Waals surface area contributed by atoms with Crippen LogP contribution in [0.15, 0.2) is 59.9 Å². The van der Waals surface area contributed by atoms with Gasteiger partial charge in [0, 0.05) is 29.4 Å². The molecule has 2 aliphatic heterocycles. The number of nitrogens with one attached hydrogen (secondary N) is 2. The van der Waals surface area contributed by atoms with Crippen molar-refractivity contribution in [2.24, 2.45) is 0 Å². The molecule has 2 aromatic rings. The van der Waals surface area contributed by atoms with Gasteiger partial charge in [0.1, 0.15) is 5.82 Å². The number of aromatic nitrogens is 1. The van der Waals surface area contributed by atoms with Crippen LogP contribution >= 0.6 is 0 Å². The molecular formula is C21H23N3O. The topological polar surface area (TPSA) is 54.0 Å². The summed E-state index contributed by atoms with van der Waals surface area (Å²) in [5.41, 5.74) is 3.27. The summed E-state index contributed by atoms with van der Waals surface area (Å²) in [6.07, 6.45) is 3.36. The Hall–Kier alpha value is -2.62. The Morgan fingerprint density at radius 2 is 1.88 bits per heavy atom. The molecule has 2 N–H and O–H groups in total. The van der Waals surface area contributed by atoms with Crippen LogP contribution in [0.3, 0.4) is 0 Å². The smallest absolute Gasteiger partial charge is 0.250 e. The number of hydrogen-bond acceptors (Lipinski definition) is 3. The molecule has 1 atom stereocenters. The molecule has 0 aliphatic carbocycles. The predicted molar refractivity (Wildman–Crippen MR) is 99.2 cm³/mol. The molecule has 0 radical (unpaired) electrons. The lowest BCUT2D eigenvalue weighted by atomic mass is 9.63. The molecule has 128 valence electrons. The summed E-state index contributed by atoms with van der Waals surface area (Å²) in [6.45, 7) is 6.26. The highest BCUT2D eigenvalue weighted by atomic mass is 16.2. The fraction of sp³-hybridized carbons (Fsp3) is 0.333. The van der Waals surface area contributed by atoms with Crippen molar-refractivity contribution >= 4 is 11.7 Å². The molecule has 0 unspecified atom stereocenters. The zero-order valence-electron chi connectivity index (χ0n) is 14.9. The summed E-state index contributed by atoms with van der Waals surface area (Å²) >= 11 is 0. The van der Waals surface area contributed by atoms with Gasteiger partial charge in [0.2, 0.25) is 0 Å². The quantitative estimate of drug-likeness (QED) is 0.880. The third kappa shape index (κ3) is 2.28. The van der Waals surface area contributed by atoms with Crippen LogP contribution in [0.1, 0.15) is 44.7 Å². The molecule has 4 nitrogen and oxygen atoms in total. The van der Waals surface area contributed by atoms with Crippen LogP contribution in [0, 0.1) is 0 Å².